The highest BCUT2D eigenvalue weighted by atomic mass is 16.5. The minimum Gasteiger partial charge on any atom is -0.488 e. The number of ether oxygens (including phenoxy) is 2. The van der Waals surface area contributed by atoms with E-state index >= 15 is 0 Å². The number of hydrogen-bond acceptors (Lipinski definition) is 2. The normalized spacial score (nSPS) is 18.2. The van der Waals surface area contributed by atoms with Crippen molar-refractivity contribution in [2.24, 2.45) is 17.8 Å². The number of hydrogen-bond donors (Lipinski definition) is 0. The van der Waals surface area contributed by atoms with Crippen LogP contribution >= 0.6 is 0 Å². The highest BCUT2D eigenvalue weighted by molar-refractivity contribution is 5.59. The standard InChI is InChI=1S/C36H52O2/c1-26(2)15-12-16-27(3)17-13-18-28(4)19-14-23-36(8)24-22-33-31(7)34(29(5)30(6)35(33)38-36)37-25-32-20-10-9-11-21-32/h9-11,20-21,26-28H,12-13,15-19,22,24-25H2,1-8H3/t27-,28-,36-/m1/s1. The van der Waals surface area contributed by atoms with E-state index in [4.69, 9.17) is 9.47 Å². The SMILES string of the molecule is Cc1c(C)c2c(c(C)c1OCc1ccccc1)CC[C@@](C)(C#CC[C@H](C)CCC[C@H](C)CCCC(C)C)O2. The Hall–Kier alpha value is -2.40. The molecule has 0 spiro atoms. The van der Waals surface area contributed by atoms with Crippen molar-refractivity contribution < 1.29 is 9.47 Å². The van der Waals surface area contributed by atoms with Gasteiger partial charge < -0.3 is 9.47 Å². The molecule has 0 saturated carbocycles. The van der Waals surface area contributed by atoms with Gasteiger partial charge in [0.1, 0.15) is 18.1 Å². The summed E-state index contributed by atoms with van der Waals surface area (Å²) in [5.74, 6) is 11.4. The van der Waals surface area contributed by atoms with E-state index in [1.54, 1.807) is 0 Å². The summed E-state index contributed by atoms with van der Waals surface area (Å²) in [6, 6.07) is 10.4. The predicted molar refractivity (Wildman–Crippen MR) is 162 cm³/mol. The average Bonchev–Trinajstić information content (AvgIpc) is 2.87. The molecule has 2 nitrogen and oxygen atoms in total. The fraction of sp³-hybridized carbons (Fsp3) is 0.611. The van der Waals surface area contributed by atoms with Gasteiger partial charge in [0.25, 0.3) is 0 Å². The molecule has 0 radical (unpaired) electrons. The van der Waals surface area contributed by atoms with Crippen molar-refractivity contribution in [2.45, 2.75) is 125 Å². The third-order valence-electron chi connectivity index (χ3n) is 8.39. The third-order valence-corrected chi connectivity index (χ3v) is 8.39. The van der Waals surface area contributed by atoms with Gasteiger partial charge in [-0.3, -0.25) is 0 Å². The molecule has 0 aromatic heterocycles. The minimum atomic E-state index is -0.423. The molecule has 1 aliphatic heterocycles. The Balaban J connectivity index is 1.55. The Morgan fingerprint density at radius 3 is 2.21 bits per heavy atom. The van der Waals surface area contributed by atoms with Crippen LogP contribution in [-0.2, 0) is 13.0 Å². The van der Waals surface area contributed by atoms with Crippen molar-refractivity contribution in [3.63, 3.8) is 0 Å². The zero-order valence-electron chi connectivity index (χ0n) is 25.5. The molecule has 3 rings (SSSR count). The summed E-state index contributed by atoms with van der Waals surface area (Å²) in [6.07, 6.45) is 10.9. The Morgan fingerprint density at radius 2 is 1.53 bits per heavy atom. The van der Waals surface area contributed by atoms with Gasteiger partial charge in [-0.15, -0.1) is 0 Å². The molecule has 38 heavy (non-hydrogen) atoms. The Labute approximate surface area is 233 Å². The maximum Gasteiger partial charge on any atom is 0.166 e. The average molecular weight is 517 g/mol. The lowest BCUT2D eigenvalue weighted by Crippen LogP contribution is -2.35. The van der Waals surface area contributed by atoms with Crippen LogP contribution in [0.4, 0.5) is 0 Å². The Bertz CT molecular complexity index is 1090. The fourth-order valence-electron chi connectivity index (χ4n) is 5.62. The lowest BCUT2D eigenvalue weighted by Gasteiger charge is -2.35. The molecule has 2 aromatic carbocycles. The molecular formula is C36H52O2. The fourth-order valence-corrected chi connectivity index (χ4v) is 5.62. The van der Waals surface area contributed by atoms with E-state index in [0.717, 1.165) is 42.6 Å². The zero-order valence-corrected chi connectivity index (χ0v) is 25.5. The summed E-state index contributed by atoms with van der Waals surface area (Å²) in [5.41, 5.74) is 5.60. The molecule has 0 bridgehead atoms. The third kappa shape index (κ3) is 8.56. The first-order valence-corrected chi connectivity index (χ1v) is 15.1. The molecular weight excluding hydrogens is 464 g/mol. The lowest BCUT2D eigenvalue weighted by atomic mass is 9.87. The van der Waals surface area contributed by atoms with E-state index in [1.165, 1.54) is 66.3 Å². The van der Waals surface area contributed by atoms with Crippen molar-refractivity contribution in [2.75, 3.05) is 0 Å². The van der Waals surface area contributed by atoms with Crippen LogP contribution in [0, 0.1) is 50.4 Å². The van der Waals surface area contributed by atoms with Crippen LogP contribution in [-0.4, -0.2) is 5.60 Å². The minimum absolute atomic E-state index is 0.423. The van der Waals surface area contributed by atoms with Crippen LogP contribution in [0.3, 0.4) is 0 Å². The van der Waals surface area contributed by atoms with Gasteiger partial charge in [0.15, 0.2) is 5.60 Å². The largest absolute Gasteiger partial charge is 0.488 e. The van der Waals surface area contributed by atoms with E-state index in [1.807, 2.05) is 6.07 Å². The Morgan fingerprint density at radius 1 is 0.868 bits per heavy atom. The number of rotatable bonds is 12. The van der Waals surface area contributed by atoms with Gasteiger partial charge in [-0.25, -0.2) is 0 Å². The second-order valence-corrected chi connectivity index (χ2v) is 12.6. The molecule has 2 aromatic rings. The summed E-state index contributed by atoms with van der Waals surface area (Å²) in [5, 5.41) is 0. The summed E-state index contributed by atoms with van der Waals surface area (Å²) >= 11 is 0. The van der Waals surface area contributed by atoms with Crippen LogP contribution in [0.1, 0.15) is 114 Å². The van der Waals surface area contributed by atoms with Gasteiger partial charge in [-0.05, 0) is 80.5 Å². The lowest BCUT2D eigenvalue weighted by molar-refractivity contribution is 0.122. The molecule has 0 unspecified atom stereocenters. The second-order valence-electron chi connectivity index (χ2n) is 12.6. The van der Waals surface area contributed by atoms with Crippen LogP contribution in [0.2, 0.25) is 0 Å². The predicted octanol–water partition coefficient (Wildman–Crippen LogP) is 9.94. The highest BCUT2D eigenvalue weighted by Crippen LogP contribution is 2.43. The van der Waals surface area contributed by atoms with E-state index in [-0.39, 0.29) is 0 Å². The smallest absolute Gasteiger partial charge is 0.166 e. The summed E-state index contributed by atoms with van der Waals surface area (Å²) < 4.78 is 13.0. The van der Waals surface area contributed by atoms with Gasteiger partial charge in [0.05, 0.1) is 0 Å². The zero-order chi connectivity index (χ0) is 27.7. The van der Waals surface area contributed by atoms with Crippen LogP contribution < -0.4 is 9.47 Å². The molecule has 0 fully saturated rings. The maximum absolute atomic E-state index is 6.65. The van der Waals surface area contributed by atoms with E-state index in [2.05, 4.69) is 91.5 Å². The van der Waals surface area contributed by atoms with Crippen molar-refractivity contribution in [3.8, 4) is 23.3 Å². The number of fused-ring (bicyclic) bond motifs is 1. The van der Waals surface area contributed by atoms with Gasteiger partial charge >= 0.3 is 0 Å². The van der Waals surface area contributed by atoms with Gasteiger partial charge in [-0.2, -0.15) is 0 Å². The first-order valence-electron chi connectivity index (χ1n) is 15.1. The van der Waals surface area contributed by atoms with Gasteiger partial charge in [0, 0.05) is 18.4 Å². The van der Waals surface area contributed by atoms with E-state index in [9.17, 15) is 0 Å². The van der Waals surface area contributed by atoms with Gasteiger partial charge in [0.2, 0.25) is 0 Å². The summed E-state index contributed by atoms with van der Waals surface area (Å²) in [4.78, 5) is 0. The Kier molecular flexibility index (Phi) is 11.2. The van der Waals surface area contributed by atoms with Crippen molar-refractivity contribution in [1.82, 2.24) is 0 Å². The molecule has 1 heterocycles. The monoisotopic (exact) mass is 516 g/mol. The first-order chi connectivity index (χ1) is 18.1. The second kappa shape index (κ2) is 14.1. The highest BCUT2D eigenvalue weighted by Gasteiger charge is 2.33. The van der Waals surface area contributed by atoms with Gasteiger partial charge in [-0.1, -0.05) is 102 Å². The molecule has 0 saturated heterocycles. The topological polar surface area (TPSA) is 18.5 Å². The maximum atomic E-state index is 6.65. The van der Waals surface area contributed by atoms with Crippen LogP contribution in [0.15, 0.2) is 30.3 Å². The molecule has 0 aliphatic carbocycles. The molecule has 3 atom stereocenters. The molecule has 208 valence electrons. The van der Waals surface area contributed by atoms with Crippen LogP contribution in [0.25, 0.3) is 0 Å². The summed E-state index contributed by atoms with van der Waals surface area (Å²) in [7, 11) is 0. The molecule has 1 aliphatic rings. The quantitative estimate of drug-likeness (QED) is 0.261. The molecule has 0 amide bonds. The van der Waals surface area contributed by atoms with Crippen molar-refractivity contribution in [1.29, 1.82) is 0 Å². The first kappa shape index (κ1) is 30.1. The van der Waals surface area contributed by atoms with Crippen molar-refractivity contribution in [3.05, 3.63) is 58.1 Å². The molecule has 0 N–H and O–H groups in total. The van der Waals surface area contributed by atoms with E-state index < -0.39 is 5.60 Å². The summed E-state index contributed by atoms with van der Waals surface area (Å²) in [6.45, 7) is 18.7. The van der Waals surface area contributed by atoms with E-state index in [0.29, 0.717) is 12.5 Å². The van der Waals surface area contributed by atoms with Crippen LogP contribution in [0.5, 0.6) is 11.5 Å². The van der Waals surface area contributed by atoms with Crippen molar-refractivity contribution >= 4 is 0 Å². The number of benzene rings is 2. The molecule has 2 heteroatoms.